The van der Waals surface area contributed by atoms with E-state index >= 15 is 0 Å². The van der Waals surface area contributed by atoms with Crippen molar-refractivity contribution >= 4 is 21.9 Å². The maximum absolute atomic E-state index is 12.8. The molecule has 0 aliphatic carbocycles. The third-order valence-corrected chi connectivity index (χ3v) is 5.68. The zero-order valence-corrected chi connectivity index (χ0v) is 14.4. The van der Waals surface area contributed by atoms with Gasteiger partial charge in [0.05, 0.1) is 12.0 Å². The quantitative estimate of drug-likeness (QED) is 0.679. The molecule has 2 N–H and O–H groups in total. The van der Waals surface area contributed by atoms with Crippen molar-refractivity contribution in [1.82, 2.24) is 14.9 Å². The van der Waals surface area contributed by atoms with Crippen LogP contribution in [0.1, 0.15) is 6.92 Å². The molecule has 0 aromatic heterocycles. The summed E-state index contributed by atoms with van der Waals surface area (Å²) < 4.78 is 31.3. The van der Waals surface area contributed by atoms with Crippen molar-refractivity contribution in [3.8, 4) is 0 Å². The van der Waals surface area contributed by atoms with Crippen LogP contribution >= 0.6 is 0 Å². The van der Waals surface area contributed by atoms with Crippen molar-refractivity contribution in [2.24, 2.45) is 0 Å². The summed E-state index contributed by atoms with van der Waals surface area (Å²) in [5.41, 5.74) is 0. The van der Waals surface area contributed by atoms with E-state index in [0.29, 0.717) is 6.54 Å². The van der Waals surface area contributed by atoms with E-state index in [1.807, 2.05) is 0 Å². The number of amides is 1. The van der Waals surface area contributed by atoms with E-state index in [1.165, 1.54) is 26.2 Å². The second-order valence-corrected chi connectivity index (χ2v) is 7.29. The Labute approximate surface area is 141 Å². The molecule has 8 nitrogen and oxygen atoms in total. The number of nitrogens with one attached hydrogen (secondary N) is 2. The predicted molar refractivity (Wildman–Crippen MR) is 86.6 cm³/mol. The first kappa shape index (κ1) is 18.4. The molecule has 24 heavy (non-hydrogen) atoms. The number of esters is 1. The average Bonchev–Trinajstić information content (AvgIpc) is 2.61. The molecule has 1 amide bonds. The van der Waals surface area contributed by atoms with Gasteiger partial charge in [0, 0.05) is 19.6 Å². The van der Waals surface area contributed by atoms with Gasteiger partial charge in [-0.3, -0.25) is 4.79 Å². The van der Waals surface area contributed by atoms with Gasteiger partial charge in [0.25, 0.3) is 0 Å². The number of hydrogen-bond donors (Lipinski definition) is 2. The summed E-state index contributed by atoms with van der Waals surface area (Å²) in [6.45, 7) is 2.27. The number of nitrogens with zero attached hydrogens (tertiary/aromatic N) is 1. The molecular weight excluding hydrogens is 334 g/mol. The van der Waals surface area contributed by atoms with Crippen molar-refractivity contribution in [3.63, 3.8) is 0 Å². The number of methoxy groups -OCH3 is 1. The molecule has 9 heteroatoms. The molecule has 0 radical (unpaired) electrons. The highest BCUT2D eigenvalue weighted by Crippen LogP contribution is 2.19. The van der Waals surface area contributed by atoms with Crippen LogP contribution in [0.5, 0.6) is 0 Å². The lowest BCUT2D eigenvalue weighted by molar-refractivity contribution is -0.145. The van der Waals surface area contributed by atoms with Crippen LogP contribution < -0.4 is 10.6 Å². The monoisotopic (exact) mass is 355 g/mol. The number of sulfonamides is 1. The minimum Gasteiger partial charge on any atom is -0.467 e. The summed E-state index contributed by atoms with van der Waals surface area (Å²) in [7, 11) is -2.58. The molecule has 0 spiro atoms. The standard InChI is InChI=1S/C15H21N3O5S/c1-11(15(20)23-2)17-14(19)13-10-16-8-9-18(13)24(21,22)12-6-4-3-5-7-12/h3-7,11,13,16H,8-10H2,1-2H3,(H,17,19)/t11-,13+/m1/s1. The van der Waals surface area contributed by atoms with Gasteiger partial charge in [-0.05, 0) is 19.1 Å². The van der Waals surface area contributed by atoms with Crippen LogP contribution in [0.2, 0.25) is 0 Å². The van der Waals surface area contributed by atoms with Crippen LogP contribution in [-0.2, 0) is 24.3 Å². The molecule has 1 fully saturated rings. The van der Waals surface area contributed by atoms with E-state index in [1.54, 1.807) is 18.2 Å². The van der Waals surface area contributed by atoms with Crippen molar-refractivity contribution in [1.29, 1.82) is 0 Å². The predicted octanol–water partition coefficient (Wildman–Crippen LogP) is -0.673. The molecule has 1 aromatic carbocycles. The van der Waals surface area contributed by atoms with Crippen LogP contribution in [0.15, 0.2) is 35.2 Å². The highest BCUT2D eigenvalue weighted by atomic mass is 32.2. The van der Waals surface area contributed by atoms with Crippen molar-refractivity contribution < 1.29 is 22.7 Å². The smallest absolute Gasteiger partial charge is 0.328 e. The molecule has 1 aliphatic rings. The first-order chi connectivity index (χ1) is 11.4. The maximum Gasteiger partial charge on any atom is 0.328 e. The maximum atomic E-state index is 12.8. The Bertz CT molecular complexity index is 692. The van der Waals surface area contributed by atoms with Crippen molar-refractivity contribution in [3.05, 3.63) is 30.3 Å². The number of carbonyl (C=O) groups excluding carboxylic acids is 2. The highest BCUT2D eigenvalue weighted by Gasteiger charge is 2.38. The summed E-state index contributed by atoms with van der Waals surface area (Å²) in [6.07, 6.45) is 0. The molecule has 2 rings (SSSR count). The molecule has 0 saturated carbocycles. The summed E-state index contributed by atoms with van der Waals surface area (Å²) in [5, 5.41) is 5.50. The zero-order chi connectivity index (χ0) is 17.7. The number of piperazine rings is 1. The fourth-order valence-corrected chi connectivity index (χ4v) is 4.08. The number of benzene rings is 1. The Hall–Kier alpha value is -1.97. The van der Waals surface area contributed by atoms with Crippen LogP contribution in [0.25, 0.3) is 0 Å². The normalized spacial score (nSPS) is 20.2. The largest absolute Gasteiger partial charge is 0.467 e. The van der Waals surface area contributed by atoms with Crippen molar-refractivity contribution in [2.75, 3.05) is 26.7 Å². The highest BCUT2D eigenvalue weighted by molar-refractivity contribution is 7.89. The first-order valence-corrected chi connectivity index (χ1v) is 8.97. The number of rotatable bonds is 5. The van der Waals surface area contributed by atoms with E-state index < -0.39 is 34.0 Å². The Morgan fingerprint density at radius 3 is 2.62 bits per heavy atom. The minimum atomic E-state index is -3.80. The number of carbonyl (C=O) groups is 2. The summed E-state index contributed by atoms with van der Waals surface area (Å²) in [6, 6.07) is 6.17. The molecule has 132 valence electrons. The van der Waals surface area contributed by atoms with Crippen molar-refractivity contribution in [2.45, 2.75) is 23.9 Å². The minimum absolute atomic E-state index is 0.130. The fraction of sp³-hybridized carbons (Fsp3) is 0.467. The Morgan fingerprint density at radius 1 is 1.33 bits per heavy atom. The van der Waals surface area contributed by atoms with Crippen LogP contribution in [0.3, 0.4) is 0 Å². The van der Waals surface area contributed by atoms with Gasteiger partial charge < -0.3 is 15.4 Å². The van der Waals surface area contributed by atoms with E-state index in [-0.39, 0.29) is 18.0 Å². The van der Waals surface area contributed by atoms with E-state index in [0.717, 1.165) is 4.31 Å². The van der Waals surface area contributed by atoms with Gasteiger partial charge in [-0.1, -0.05) is 18.2 Å². The first-order valence-electron chi connectivity index (χ1n) is 7.53. The van der Waals surface area contributed by atoms with Crippen LogP contribution in [0, 0.1) is 0 Å². The lowest BCUT2D eigenvalue weighted by Gasteiger charge is -2.34. The average molecular weight is 355 g/mol. The summed E-state index contributed by atoms with van der Waals surface area (Å²) >= 11 is 0. The second-order valence-electron chi connectivity index (χ2n) is 5.40. The zero-order valence-electron chi connectivity index (χ0n) is 13.6. The third-order valence-electron chi connectivity index (χ3n) is 3.76. The second kappa shape index (κ2) is 7.73. The lowest BCUT2D eigenvalue weighted by Crippen LogP contribution is -2.60. The third kappa shape index (κ3) is 3.92. The van der Waals surface area contributed by atoms with Gasteiger partial charge in [0.15, 0.2) is 0 Å². The van der Waals surface area contributed by atoms with Crippen LogP contribution in [0.4, 0.5) is 0 Å². The fourth-order valence-electron chi connectivity index (χ4n) is 2.47. The Morgan fingerprint density at radius 2 is 2.00 bits per heavy atom. The van der Waals surface area contributed by atoms with Crippen LogP contribution in [-0.4, -0.2) is 63.4 Å². The lowest BCUT2D eigenvalue weighted by atomic mass is 10.2. The molecule has 1 aliphatic heterocycles. The van der Waals surface area contributed by atoms with Gasteiger partial charge >= 0.3 is 5.97 Å². The topological polar surface area (TPSA) is 105 Å². The SMILES string of the molecule is COC(=O)[C@@H](C)NC(=O)[C@@H]1CNCCN1S(=O)(=O)c1ccccc1. The van der Waals surface area contributed by atoms with E-state index in [9.17, 15) is 18.0 Å². The van der Waals surface area contributed by atoms with Gasteiger partial charge in [-0.2, -0.15) is 4.31 Å². The number of ether oxygens (including phenoxy) is 1. The molecular formula is C15H21N3O5S. The number of hydrogen-bond acceptors (Lipinski definition) is 6. The van der Waals surface area contributed by atoms with Gasteiger partial charge in [0.2, 0.25) is 15.9 Å². The molecule has 1 heterocycles. The Kier molecular flexibility index (Phi) is 5.92. The summed E-state index contributed by atoms with van der Waals surface area (Å²) in [5.74, 6) is -1.14. The molecule has 0 bridgehead atoms. The van der Waals surface area contributed by atoms with Gasteiger partial charge in [0.1, 0.15) is 12.1 Å². The molecule has 1 aromatic rings. The van der Waals surface area contributed by atoms with Gasteiger partial charge in [-0.15, -0.1) is 0 Å². The van der Waals surface area contributed by atoms with Gasteiger partial charge in [-0.25, -0.2) is 13.2 Å². The summed E-state index contributed by atoms with van der Waals surface area (Å²) in [4.78, 5) is 24.0. The van der Waals surface area contributed by atoms with E-state index in [4.69, 9.17) is 0 Å². The van der Waals surface area contributed by atoms with E-state index in [2.05, 4.69) is 15.4 Å². The molecule has 2 atom stereocenters. The Balaban J connectivity index is 2.22. The molecule has 0 unspecified atom stereocenters. The molecule has 1 saturated heterocycles.